The summed E-state index contributed by atoms with van der Waals surface area (Å²) in [6.45, 7) is 2.12. The standard InChI is InChI=1S/C15H17Cl2FN2O/c16-4-3-15-19-13-8-12(18)11(17)7-14(13)20(15)5-6-21-9-10-1-2-10/h7-8,10H,1-6,9H2. The summed E-state index contributed by atoms with van der Waals surface area (Å²) < 4.78 is 21.2. The predicted octanol–water partition coefficient (Wildman–Crippen LogP) is 4.04. The second-order valence-electron chi connectivity index (χ2n) is 5.39. The molecule has 0 saturated heterocycles. The summed E-state index contributed by atoms with van der Waals surface area (Å²) in [5.41, 5.74) is 1.44. The van der Waals surface area contributed by atoms with Gasteiger partial charge in [0.05, 0.1) is 22.7 Å². The second-order valence-corrected chi connectivity index (χ2v) is 6.18. The quantitative estimate of drug-likeness (QED) is 0.566. The highest BCUT2D eigenvalue weighted by atomic mass is 35.5. The molecular weight excluding hydrogens is 314 g/mol. The first-order valence-corrected chi connectivity index (χ1v) is 8.08. The van der Waals surface area contributed by atoms with Gasteiger partial charge in [0.2, 0.25) is 0 Å². The molecule has 0 bridgehead atoms. The molecule has 1 aliphatic rings. The van der Waals surface area contributed by atoms with Crippen molar-refractivity contribution in [2.24, 2.45) is 5.92 Å². The predicted molar refractivity (Wildman–Crippen MR) is 82.7 cm³/mol. The van der Waals surface area contributed by atoms with Crippen LogP contribution in [-0.4, -0.2) is 28.6 Å². The number of aryl methyl sites for hydroxylation is 1. The summed E-state index contributed by atoms with van der Waals surface area (Å²) >= 11 is 11.7. The Balaban J connectivity index is 1.81. The molecular formula is C15H17Cl2FN2O. The lowest BCUT2D eigenvalue weighted by molar-refractivity contribution is 0.117. The molecule has 0 amide bonds. The molecule has 3 nitrogen and oxygen atoms in total. The van der Waals surface area contributed by atoms with Crippen molar-refractivity contribution in [2.45, 2.75) is 25.8 Å². The van der Waals surface area contributed by atoms with Gasteiger partial charge >= 0.3 is 0 Å². The maximum Gasteiger partial charge on any atom is 0.144 e. The first kappa shape index (κ1) is 15.1. The van der Waals surface area contributed by atoms with Gasteiger partial charge in [0.1, 0.15) is 11.6 Å². The Kier molecular flexibility index (Phi) is 4.67. The molecule has 0 N–H and O–H groups in total. The van der Waals surface area contributed by atoms with Gasteiger partial charge in [-0.3, -0.25) is 0 Å². The molecule has 1 aromatic heterocycles. The first-order valence-electron chi connectivity index (χ1n) is 7.17. The van der Waals surface area contributed by atoms with Crippen LogP contribution in [0, 0.1) is 11.7 Å². The van der Waals surface area contributed by atoms with E-state index in [2.05, 4.69) is 4.98 Å². The number of halogens is 3. The Morgan fingerprint density at radius 2 is 2.19 bits per heavy atom. The van der Waals surface area contributed by atoms with Crippen molar-refractivity contribution in [3.05, 3.63) is 28.8 Å². The first-order chi connectivity index (χ1) is 10.2. The van der Waals surface area contributed by atoms with Gasteiger partial charge in [-0.2, -0.15) is 0 Å². The Hall–Kier alpha value is -0.840. The minimum atomic E-state index is -0.448. The van der Waals surface area contributed by atoms with Crippen molar-refractivity contribution >= 4 is 34.2 Å². The largest absolute Gasteiger partial charge is 0.379 e. The van der Waals surface area contributed by atoms with E-state index >= 15 is 0 Å². The van der Waals surface area contributed by atoms with Crippen LogP contribution in [0.5, 0.6) is 0 Å². The summed E-state index contributed by atoms with van der Waals surface area (Å²) in [5.74, 6) is 1.62. The zero-order valence-corrected chi connectivity index (χ0v) is 13.1. The van der Waals surface area contributed by atoms with E-state index < -0.39 is 5.82 Å². The number of nitrogens with zero attached hydrogens (tertiary/aromatic N) is 2. The molecule has 21 heavy (non-hydrogen) atoms. The number of benzene rings is 1. The van der Waals surface area contributed by atoms with E-state index in [4.69, 9.17) is 27.9 Å². The van der Waals surface area contributed by atoms with Crippen LogP contribution in [0.25, 0.3) is 11.0 Å². The van der Waals surface area contributed by atoms with E-state index in [-0.39, 0.29) is 5.02 Å². The van der Waals surface area contributed by atoms with E-state index in [9.17, 15) is 4.39 Å². The lowest BCUT2D eigenvalue weighted by Gasteiger charge is -2.09. The average molecular weight is 331 g/mol. The molecule has 3 rings (SSSR count). The van der Waals surface area contributed by atoms with E-state index in [1.807, 2.05) is 4.57 Å². The number of hydrogen-bond acceptors (Lipinski definition) is 2. The Labute approximate surface area is 133 Å². The smallest absolute Gasteiger partial charge is 0.144 e. The number of aromatic nitrogens is 2. The number of ether oxygens (including phenoxy) is 1. The fourth-order valence-electron chi connectivity index (χ4n) is 2.39. The van der Waals surface area contributed by atoms with Crippen LogP contribution in [0.1, 0.15) is 18.7 Å². The van der Waals surface area contributed by atoms with Crippen molar-refractivity contribution in [2.75, 3.05) is 19.1 Å². The summed E-state index contributed by atoms with van der Waals surface area (Å²) in [6.07, 6.45) is 3.19. The van der Waals surface area contributed by atoms with Crippen LogP contribution in [0.3, 0.4) is 0 Å². The summed E-state index contributed by atoms with van der Waals surface area (Å²) in [7, 11) is 0. The molecule has 114 valence electrons. The van der Waals surface area contributed by atoms with Crippen molar-refractivity contribution < 1.29 is 9.13 Å². The van der Waals surface area contributed by atoms with Crippen LogP contribution in [0.15, 0.2) is 12.1 Å². The summed E-state index contributed by atoms with van der Waals surface area (Å²) in [5, 5.41) is 0.111. The maximum atomic E-state index is 13.5. The van der Waals surface area contributed by atoms with Crippen LogP contribution >= 0.6 is 23.2 Å². The van der Waals surface area contributed by atoms with E-state index in [1.165, 1.54) is 18.9 Å². The number of alkyl halides is 1. The third-order valence-electron chi connectivity index (χ3n) is 3.70. The Morgan fingerprint density at radius 3 is 2.90 bits per heavy atom. The highest BCUT2D eigenvalue weighted by molar-refractivity contribution is 6.31. The SMILES string of the molecule is Fc1cc2nc(CCCl)n(CCOCC3CC3)c2cc1Cl. The molecule has 0 unspecified atom stereocenters. The summed E-state index contributed by atoms with van der Waals surface area (Å²) in [4.78, 5) is 4.45. The molecule has 1 aliphatic carbocycles. The van der Waals surface area contributed by atoms with Crippen molar-refractivity contribution in [1.29, 1.82) is 0 Å². The zero-order chi connectivity index (χ0) is 14.8. The number of hydrogen-bond donors (Lipinski definition) is 0. The number of fused-ring (bicyclic) bond motifs is 1. The Bertz CT molecular complexity index is 640. The van der Waals surface area contributed by atoms with Crippen molar-refractivity contribution in [3.63, 3.8) is 0 Å². The molecule has 6 heteroatoms. The molecule has 1 fully saturated rings. The molecule has 0 spiro atoms. The third-order valence-corrected chi connectivity index (χ3v) is 4.18. The molecule has 0 radical (unpaired) electrons. The van der Waals surface area contributed by atoms with Crippen LogP contribution < -0.4 is 0 Å². The minimum absolute atomic E-state index is 0.111. The molecule has 2 aromatic rings. The monoisotopic (exact) mass is 330 g/mol. The number of imidazole rings is 1. The van der Waals surface area contributed by atoms with E-state index in [0.29, 0.717) is 31.0 Å². The highest BCUT2D eigenvalue weighted by Gasteiger charge is 2.21. The van der Waals surface area contributed by atoms with Gasteiger partial charge in [-0.25, -0.2) is 9.37 Å². The fraction of sp³-hybridized carbons (Fsp3) is 0.533. The Morgan fingerprint density at radius 1 is 1.38 bits per heavy atom. The molecule has 0 aliphatic heterocycles. The van der Waals surface area contributed by atoms with Gasteiger partial charge in [0.15, 0.2) is 0 Å². The molecule has 0 atom stereocenters. The van der Waals surface area contributed by atoms with Crippen LogP contribution in [-0.2, 0) is 17.7 Å². The normalized spacial score (nSPS) is 15.0. The maximum absolute atomic E-state index is 13.5. The van der Waals surface area contributed by atoms with Gasteiger partial charge in [-0.1, -0.05) is 11.6 Å². The van der Waals surface area contributed by atoms with Crippen molar-refractivity contribution in [1.82, 2.24) is 9.55 Å². The van der Waals surface area contributed by atoms with Gasteiger partial charge in [0.25, 0.3) is 0 Å². The average Bonchev–Trinajstić information content (AvgIpc) is 3.22. The zero-order valence-electron chi connectivity index (χ0n) is 11.6. The minimum Gasteiger partial charge on any atom is -0.379 e. The van der Waals surface area contributed by atoms with E-state index in [1.54, 1.807) is 6.07 Å². The molecule has 1 saturated carbocycles. The third kappa shape index (κ3) is 3.50. The van der Waals surface area contributed by atoms with Crippen LogP contribution in [0.2, 0.25) is 5.02 Å². The van der Waals surface area contributed by atoms with E-state index in [0.717, 1.165) is 23.9 Å². The molecule has 1 heterocycles. The topological polar surface area (TPSA) is 27.1 Å². The van der Waals surface area contributed by atoms with Crippen molar-refractivity contribution in [3.8, 4) is 0 Å². The highest BCUT2D eigenvalue weighted by Crippen LogP contribution is 2.29. The fourth-order valence-corrected chi connectivity index (χ4v) is 2.71. The van der Waals surface area contributed by atoms with Gasteiger partial charge in [-0.15, -0.1) is 11.6 Å². The van der Waals surface area contributed by atoms with Gasteiger partial charge in [0, 0.05) is 31.5 Å². The number of rotatable bonds is 7. The summed E-state index contributed by atoms with van der Waals surface area (Å²) in [6, 6.07) is 2.99. The van der Waals surface area contributed by atoms with Crippen LogP contribution in [0.4, 0.5) is 4.39 Å². The van der Waals surface area contributed by atoms with Gasteiger partial charge in [-0.05, 0) is 24.8 Å². The second kappa shape index (κ2) is 6.51. The lowest BCUT2D eigenvalue weighted by atomic mass is 10.3. The lowest BCUT2D eigenvalue weighted by Crippen LogP contribution is -2.11. The van der Waals surface area contributed by atoms with Gasteiger partial charge < -0.3 is 9.30 Å². The molecule has 1 aromatic carbocycles.